The number of carbonyl (C=O) groups is 1. The number of hydrogen-bond donors (Lipinski definition) is 1. The third-order valence-corrected chi connectivity index (χ3v) is 4.94. The summed E-state index contributed by atoms with van der Waals surface area (Å²) in [7, 11) is 0. The number of fused-ring (bicyclic) bond motifs is 1. The van der Waals surface area contributed by atoms with Crippen LogP contribution in [-0.4, -0.2) is 19.1 Å². The number of hydrogen-bond acceptors (Lipinski definition) is 4. The second kappa shape index (κ2) is 7.87. The van der Waals surface area contributed by atoms with Gasteiger partial charge in [-0.15, -0.1) is 0 Å². The molecule has 29 heavy (non-hydrogen) atoms. The third-order valence-electron chi connectivity index (χ3n) is 4.94. The van der Waals surface area contributed by atoms with E-state index in [0.717, 1.165) is 5.56 Å². The highest BCUT2D eigenvalue weighted by Gasteiger charge is 2.31. The minimum absolute atomic E-state index is 0.140. The van der Waals surface area contributed by atoms with Crippen molar-refractivity contribution >= 4 is 11.6 Å². The van der Waals surface area contributed by atoms with Crippen molar-refractivity contribution in [2.75, 3.05) is 18.5 Å². The summed E-state index contributed by atoms with van der Waals surface area (Å²) in [5.74, 6) is 2.53. The molecule has 5 heteroatoms. The number of carbonyl (C=O) groups excluding carboxylic acids is 1. The van der Waals surface area contributed by atoms with Crippen LogP contribution in [0, 0.1) is 0 Å². The van der Waals surface area contributed by atoms with E-state index < -0.39 is 5.41 Å². The van der Waals surface area contributed by atoms with E-state index in [2.05, 4.69) is 5.32 Å². The average molecular weight is 389 g/mol. The van der Waals surface area contributed by atoms with Gasteiger partial charge in [-0.3, -0.25) is 4.79 Å². The van der Waals surface area contributed by atoms with Crippen molar-refractivity contribution in [3.05, 3.63) is 78.4 Å². The lowest BCUT2D eigenvalue weighted by Crippen LogP contribution is -2.35. The summed E-state index contributed by atoms with van der Waals surface area (Å²) in [5.41, 5.74) is 0.683. The molecule has 4 rings (SSSR count). The molecule has 0 fully saturated rings. The zero-order chi connectivity index (χ0) is 20.3. The molecule has 1 amide bonds. The quantitative estimate of drug-likeness (QED) is 0.654. The Hall–Kier alpha value is -3.47. The van der Waals surface area contributed by atoms with Crippen LogP contribution in [0.2, 0.25) is 0 Å². The molecular weight excluding hydrogens is 366 g/mol. The minimum Gasteiger partial charge on any atom is -0.486 e. The highest BCUT2D eigenvalue weighted by Crippen LogP contribution is 2.36. The van der Waals surface area contributed by atoms with E-state index in [1.807, 2.05) is 86.6 Å². The Morgan fingerprint density at radius 3 is 2.38 bits per heavy atom. The van der Waals surface area contributed by atoms with Crippen molar-refractivity contribution in [3.8, 4) is 23.0 Å². The first-order valence-electron chi connectivity index (χ1n) is 9.57. The van der Waals surface area contributed by atoms with Crippen LogP contribution in [0.25, 0.3) is 0 Å². The largest absolute Gasteiger partial charge is 0.486 e. The van der Waals surface area contributed by atoms with E-state index in [-0.39, 0.29) is 5.91 Å². The third kappa shape index (κ3) is 4.04. The lowest BCUT2D eigenvalue weighted by Gasteiger charge is -2.27. The Morgan fingerprint density at radius 2 is 1.59 bits per heavy atom. The fourth-order valence-corrected chi connectivity index (χ4v) is 3.12. The monoisotopic (exact) mass is 389 g/mol. The fourth-order valence-electron chi connectivity index (χ4n) is 3.12. The van der Waals surface area contributed by atoms with Gasteiger partial charge in [0.1, 0.15) is 19.0 Å². The minimum atomic E-state index is -0.782. The molecule has 148 valence electrons. The van der Waals surface area contributed by atoms with Crippen molar-refractivity contribution in [1.29, 1.82) is 0 Å². The molecule has 1 aliphatic heterocycles. The maximum atomic E-state index is 13.2. The molecule has 0 bridgehead atoms. The molecule has 0 radical (unpaired) electrons. The van der Waals surface area contributed by atoms with Crippen LogP contribution in [0.4, 0.5) is 5.69 Å². The second-order valence-corrected chi connectivity index (χ2v) is 7.35. The van der Waals surface area contributed by atoms with Gasteiger partial charge in [0.2, 0.25) is 5.91 Å². The van der Waals surface area contributed by atoms with Gasteiger partial charge in [0.15, 0.2) is 17.2 Å². The summed E-state index contributed by atoms with van der Waals surface area (Å²) >= 11 is 0. The molecule has 1 N–H and O–H groups in total. The molecule has 3 aromatic carbocycles. The first-order chi connectivity index (χ1) is 14.0. The van der Waals surface area contributed by atoms with E-state index in [9.17, 15) is 4.79 Å². The predicted octanol–water partition coefficient (Wildman–Crippen LogP) is 5.17. The van der Waals surface area contributed by atoms with Crippen molar-refractivity contribution in [3.63, 3.8) is 0 Å². The number of anilines is 1. The Morgan fingerprint density at radius 1 is 0.897 bits per heavy atom. The number of rotatable bonds is 5. The summed E-state index contributed by atoms with van der Waals surface area (Å²) < 4.78 is 17.2. The Balaban J connectivity index is 1.56. The second-order valence-electron chi connectivity index (χ2n) is 7.35. The van der Waals surface area contributed by atoms with E-state index in [0.29, 0.717) is 41.9 Å². The molecule has 0 atom stereocenters. The molecule has 0 saturated carbocycles. The Kier molecular flexibility index (Phi) is 5.12. The first kappa shape index (κ1) is 18.9. The van der Waals surface area contributed by atoms with Gasteiger partial charge in [-0.05, 0) is 55.8 Å². The van der Waals surface area contributed by atoms with E-state index in [4.69, 9.17) is 14.2 Å². The summed E-state index contributed by atoms with van der Waals surface area (Å²) in [5, 5.41) is 3.01. The number of amides is 1. The zero-order valence-electron chi connectivity index (χ0n) is 16.5. The van der Waals surface area contributed by atoms with Gasteiger partial charge in [0.05, 0.1) is 11.1 Å². The van der Waals surface area contributed by atoms with E-state index in [1.165, 1.54) is 0 Å². The van der Waals surface area contributed by atoms with Crippen LogP contribution in [0.1, 0.15) is 19.4 Å². The topological polar surface area (TPSA) is 56.8 Å². The Bertz CT molecular complexity index is 1010. The molecule has 0 saturated heterocycles. The van der Waals surface area contributed by atoms with Gasteiger partial charge in [-0.2, -0.15) is 0 Å². The highest BCUT2D eigenvalue weighted by atomic mass is 16.6. The molecular formula is C24H23NO4. The smallest absolute Gasteiger partial charge is 0.234 e. The van der Waals surface area contributed by atoms with Crippen molar-refractivity contribution < 1.29 is 19.0 Å². The molecule has 0 aliphatic carbocycles. The van der Waals surface area contributed by atoms with Gasteiger partial charge in [0.25, 0.3) is 0 Å². The van der Waals surface area contributed by atoms with Crippen molar-refractivity contribution in [1.82, 2.24) is 0 Å². The summed E-state index contributed by atoms with van der Waals surface area (Å²) in [6, 6.07) is 22.5. The molecule has 0 unspecified atom stereocenters. The lowest BCUT2D eigenvalue weighted by molar-refractivity contribution is -0.120. The highest BCUT2D eigenvalue weighted by molar-refractivity contribution is 5.99. The van der Waals surface area contributed by atoms with Gasteiger partial charge in [-0.1, -0.05) is 36.4 Å². The Labute approximate surface area is 170 Å². The summed E-state index contributed by atoms with van der Waals surface area (Å²) in [4.78, 5) is 13.2. The fraction of sp³-hybridized carbons (Fsp3) is 0.208. The molecule has 5 nitrogen and oxygen atoms in total. The van der Waals surface area contributed by atoms with Crippen molar-refractivity contribution in [2.24, 2.45) is 0 Å². The van der Waals surface area contributed by atoms with Gasteiger partial charge in [0, 0.05) is 0 Å². The SMILES string of the molecule is CC(C)(C(=O)Nc1ccccc1Oc1ccccc1)c1ccc2c(c1)OCCO2. The van der Waals surface area contributed by atoms with Crippen LogP contribution in [0.15, 0.2) is 72.8 Å². The first-order valence-corrected chi connectivity index (χ1v) is 9.57. The standard InChI is InChI=1S/C24H23NO4/c1-24(2,17-12-13-21-22(16-17)28-15-14-27-21)23(26)25-19-10-6-7-11-20(19)29-18-8-4-3-5-9-18/h3-13,16H,14-15H2,1-2H3,(H,25,26). The molecule has 1 aliphatic rings. The van der Waals surface area contributed by atoms with Gasteiger partial charge >= 0.3 is 0 Å². The number of benzene rings is 3. The van der Waals surface area contributed by atoms with Gasteiger partial charge < -0.3 is 19.5 Å². The molecule has 1 heterocycles. The van der Waals surface area contributed by atoms with Crippen molar-refractivity contribution in [2.45, 2.75) is 19.3 Å². The normalized spacial score (nSPS) is 12.9. The molecule has 0 aromatic heterocycles. The zero-order valence-corrected chi connectivity index (χ0v) is 16.5. The number of para-hydroxylation sites is 3. The maximum Gasteiger partial charge on any atom is 0.234 e. The van der Waals surface area contributed by atoms with E-state index in [1.54, 1.807) is 0 Å². The van der Waals surface area contributed by atoms with Crippen LogP contribution >= 0.6 is 0 Å². The average Bonchev–Trinajstić information content (AvgIpc) is 2.75. The van der Waals surface area contributed by atoms with Crippen LogP contribution in [0.3, 0.4) is 0 Å². The van der Waals surface area contributed by atoms with Gasteiger partial charge in [-0.25, -0.2) is 0 Å². The molecule has 3 aromatic rings. The van der Waals surface area contributed by atoms with E-state index >= 15 is 0 Å². The van der Waals surface area contributed by atoms with Crippen LogP contribution in [-0.2, 0) is 10.2 Å². The summed E-state index contributed by atoms with van der Waals surface area (Å²) in [6.45, 7) is 4.81. The van der Waals surface area contributed by atoms with Crippen LogP contribution in [0.5, 0.6) is 23.0 Å². The molecule has 0 spiro atoms. The summed E-state index contributed by atoms with van der Waals surface area (Å²) in [6.07, 6.45) is 0. The van der Waals surface area contributed by atoms with Crippen LogP contribution < -0.4 is 19.5 Å². The number of ether oxygens (including phenoxy) is 3. The number of nitrogens with one attached hydrogen (secondary N) is 1. The lowest BCUT2D eigenvalue weighted by atomic mass is 9.83. The predicted molar refractivity (Wildman–Crippen MR) is 112 cm³/mol. The maximum absolute atomic E-state index is 13.2.